The molecule has 0 radical (unpaired) electrons. The number of carbonyl (C=O) groups is 1. The van der Waals surface area contributed by atoms with Gasteiger partial charge in [-0.05, 0) is 60.4 Å². The summed E-state index contributed by atoms with van der Waals surface area (Å²) in [6.45, 7) is 0. The summed E-state index contributed by atoms with van der Waals surface area (Å²) in [6.07, 6.45) is 4.16. The van der Waals surface area contributed by atoms with Crippen molar-refractivity contribution in [2.24, 2.45) is 0 Å². The highest BCUT2D eigenvalue weighted by Gasteiger charge is 2.22. The molecule has 0 aliphatic heterocycles. The fourth-order valence-corrected chi connectivity index (χ4v) is 5.40. The van der Waals surface area contributed by atoms with Crippen LogP contribution < -0.4 is 5.32 Å². The number of aryl methyl sites for hydroxylation is 2. The van der Waals surface area contributed by atoms with Crippen molar-refractivity contribution in [3.05, 3.63) is 57.1 Å². The molecule has 116 valence electrons. The highest BCUT2D eigenvalue weighted by Crippen LogP contribution is 2.41. The summed E-state index contributed by atoms with van der Waals surface area (Å²) in [5, 5.41) is 5.17. The first-order valence-corrected chi connectivity index (χ1v) is 10.3. The summed E-state index contributed by atoms with van der Waals surface area (Å²) in [5.74, 6) is -0.0144. The highest BCUT2D eigenvalue weighted by molar-refractivity contribution is 7.98. The molecule has 5 heteroatoms. The Hall–Kier alpha value is -1.56. The van der Waals surface area contributed by atoms with E-state index in [0.717, 1.165) is 28.3 Å². The van der Waals surface area contributed by atoms with E-state index in [0.29, 0.717) is 0 Å². The van der Waals surface area contributed by atoms with Crippen molar-refractivity contribution in [1.82, 2.24) is 0 Å². The molecule has 2 aromatic heterocycles. The Morgan fingerprint density at radius 1 is 1.22 bits per heavy atom. The Labute approximate surface area is 147 Å². The first-order valence-electron chi connectivity index (χ1n) is 7.39. The van der Waals surface area contributed by atoms with E-state index >= 15 is 0 Å². The van der Waals surface area contributed by atoms with Crippen molar-refractivity contribution in [2.45, 2.75) is 17.7 Å². The standard InChI is InChI=1S/C18H15NOS3/c1-21-13-4-2-3-12(10-13)19-18(20)16-9-11-5-6-15-14(7-8-22-15)17(11)23-16/h2-4,7-10H,5-6H2,1H3,(H,19,20). The molecular weight excluding hydrogens is 342 g/mol. The molecule has 0 fully saturated rings. The molecule has 2 nitrogen and oxygen atoms in total. The van der Waals surface area contributed by atoms with Crippen molar-refractivity contribution >= 4 is 46.0 Å². The predicted octanol–water partition coefficient (Wildman–Crippen LogP) is 5.55. The van der Waals surface area contributed by atoms with E-state index in [2.05, 4.69) is 22.8 Å². The van der Waals surface area contributed by atoms with Gasteiger partial charge in [0.15, 0.2) is 0 Å². The van der Waals surface area contributed by atoms with Gasteiger partial charge in [0.05, 0.1) is 4.88 Å². The number of nitrogens with one attached hydrogen (secondary N) is 1. The molecule has 23 heavy (non-hydrogen) atoms. The van der Waals surface area contributed by atoms with Crippen LogP contribution in [0.3, 0.4) is 0 Å². The zero-order valence-electron chi connectivity index (χ0n) is 12.6. The molecule has 0 spiro atoms. The van der Waals surface area contributed by atoms with E-state index < -0.39 is 0 Å². The van der Waals surface area contributed by atoms with Gasteiger partial charge in [0.2, 0.25) is 0 Å². The number of thioether (sulfide) groups is 1. The fourth-order valence-electron chi connectivity index (χ4n) is 2.83. The summed E-state index contributed by atoms with van der Waals surface area (Å²) < 4.78 is 0. The smallest absolute Gasteiger partial charge is 0.265 e. The van der Waals surface area contributed by atoms with Gasteiger partial charge in [0.25, 0.3) is 5.91 Å². The SMILES string of the molecule is CSc1cccc(NC(=O)c2cc3c(s2)-c2ccsc2CC3)c1. The molecular formula is C18H15NOS3. The number of anilines is 1. The minimum Gasteiger partial charge on any atom is -0.321 e. The van der Waals surface area contributed by atoms with Crippen molar-refractivity contribution < 1.29 is 4.79 Å². The largest absolute Gasteiger partial charge is 0.321 e. The van der Waals surface area contributed by atoms with E-state index in [4.69, 9.17) is 0 Å². The second-order valence-corrected chi connectivity index (χ2v) is 8.34. The quantitative estimate of drug-likeness (QED) is 0.623. The Bertz CT molecular complexity index is 878. The molecule has 1 amide bonds. The van der Waals surface area contributed by atoms with Crippen molar-refractivity contribution in [3.8, 4) is 10.4 Å². The highest BCUT2D eigenvalue weighted by atomic mass is 32.2. The van der Waals surface area contributed by atoms with E-state index in [9.17, 15) is 4.79 Å². The number of rotatable bonds is 3. The minimum absolute atomic E-state index is 0.0144. The molecule has 1 N–H and O–H groups in total. The fraction of sp³-hybridized carbons (Fsp3) is 0.167. The van der Waals surface area contributed by atoms with Crippen molar-refractivity contribution in [3.63, 3.8) is 0 Å². The van der Waals surface area contributed by atoms with Crippen LogP contribution >= 0.6 is 34.4 Å². The van der Waals surface area contributed by atoms with Crippen LogP contribution in [0.2, 0.25) is 0 Å². The lowest BCUT2D eigenvalue weighted by molar-refractivity contribution is 0.103. The molecule has 0 saturated heterocycles. The predicted molar refractivity (Wildman–Crippen MR) is 101 cm³/mol. The molecule has 1 aliphatic carbocycles. The first-order chi connectivity index (χ1) is 11.2. The third-order valence-corrected chi connectivity index (χ3v) is 6.89. The summed E-state index contributed by atoms with van der Waals surface area (Å²) in [6, 6.07) is 12.2. The van der Waals surface area contributed by atoms with Crippen LogP contribution in [0.15, 0.2) is 46.7 Å². The summed E-state index contributed by atoms with van der Waals surface area (Å²) in [7, 11) is 0. The van der Waals surface area contributed by atoms with E-state index in [1.54, 1.807) is 23.1 Å². The number of hydrogen-bond acceptors (Lipinski definition) is 4. The third-order valence-electron chi connectivity index (χ3n) is 3.97. The average molecular weight is 358 g/mol. The van der Waals surface area contributed by atoms with Gasteiger partial charge >= 0.3 is 0 Å². The zero-order chi connectivity index (χ0) is 15.8. The maximum Gasteiger partial charge on any atom is 0.265 e. The topological polar surface area (TPSA) is 29.1 Å². The molecule has 0 atom stereocenters. The lowest BCUT2D eigenvalue weighted by Gasteiger charge is -2.10. The Balaban J connectivity index is 1.61. The van der Waals surface area contributed by atoms with Gasteiger partial charge in [-0.2, -0.15) is 0 Å². The van der Waals surface area contributed by atoms with Gasteiger partial charge in [0.1, 0.15) is 0 Å². The van der Waals surface area contributed by atoms with Crippen LogP contribution in [0.1, 0.15) is 20.1 Å². The maximum atomic E-state index is 12.6. The molecule has 4 rings (SSSR count). The lowest BCUT2D eigenvalue weighted by atomic mass is 9.98. The molecule has 0 unspecified atom stereocenters. The van der Waals surface area contributed by atoms with Gasteiger partial charge < -0.3 is 5.32 Å². The molecule has 3 aromatic rings. The number of thiophene rings is 2. The number of carbonyl (C=O) groups excluding carboxylic acids is 1. The molecule has 1 aliphatic rings. The third kappa shape index (κ3) is 2.84. The monoisotopic (exact) mass is 357 g/mol. The van der Waals surface area contributed by atoms with Gasteiger partial charge in [0, 0.05) is 25.9 Å². The van der Waals surface area contributed by atoms with Gasteiger partial charge in [-0.15, -0.1) is 34.4 Å². The Morgan fingerprint density at radius 2 is 2.13 bits per heavy atom. The molecule has 0 saturated carbocycles. The number of amides is 1. The van der Waals surface area contributed by atoms with Crippen LogP contribution in [0, 0.1) is 0 Å². The van der Waals surface area contributed by atoms with Crippen LogP contribution in [0.5, 0.6) is 0 Å². The van der Waals surface area contributed by atoms with Crippen molar-refractivity contribution in [1.29, 1.82) is 0 Å². The zero-order valence-corrected chi connectivity index (χ0v) is 15.0. The lowest BCUT2D eigenvalue weighted by Crippen LogP contribution is -2.10. The van der Waals surface area contributed by atoms with Crippen molar-refractivity contribution in [2.75, 3.05) is 11.6 Å². The average Bonchev–Trinajstić information content (AvgIpc) is 3.20. The maximum absolute atomic E-state index is 12.6. The van der Waals surface area contributed by atoms with Gasteiger partial charge in [-0.1, -0.05) is 6.07 Å². The number of fused-ring (bicyclic) bond motifs is 3. The summed E-state index contributed by atoms with van der Waals surface area (Å²) in [5.41, 5.74) is 3.48. The second-order valence-electron chi connectivity index (χ2n) is 5.41. The van der Waals surface area contributed by atoms with Gasteiger partial charge in [-0.3, -0.25) is 4.79 Å². The summed E-state index contributed by atoms with van der Waals surface area (Å²) in [4.78, 5) is 17.2. The molecule has 2 heterocycles. The van der Waals surface area contributed by atoms with Gasteiger partial charge in [-0.25, -0.2) is 0 Å². The molecule has 1 aromatic carbocycles. The summed E-state index contributed by atoms with van der Waals surface area (Å²) >= 11 is 5.10. The first kappa shape index (κ1) is 15.0. The number of benzene rings is 1. The Morgan fingerprint density at radius 3 is 3.00 bits per heavy atom. The van der Waals surface area contributed by atoms with E-state index in [1.807, 2.05) is 41.9 Å². The normalized spacial score (nSPS) is 12.6. The Kier molecular flexibility index (Phi) is 4.01. The van der Waals surface area contributed by atoms with Crippen LogP contribution in [-0.2, 0) is 12.8 Å². The van der Waals surface area contributed by atoms with Crippen LogP contribution in [0.4, 0.5) is 5.69 Å². The van der Waals surface area contributed by atoms with E-state index in [-0.39, 0.29) is 5.91 Å². The van der Waals surface area contributed by atoms with E-state index in [1.165, 1.54) is 20.9 Å². The minimum atomic E-state index is -0.0144. The second kappa shape index (κ2) is 6.15. The van der Waals surface area contributed by atoms with Crippen LogP contribution in [0.25, 0.3) is 10.4 Å². The van der Waals surface area contributed by atoms with Crippen LogP contribution in [-0.4, -0.2) is 12.2 Å². The number of hydrogen-bond donors (Lipinski definition) is 1. The molecule has 0 bridgehead atoms.